The first-order valence-electron chi connectivity index (χ1n) is 11.1. The van der Waals surface area contributed by atoms with Crippen molar-refractivity contribution in [2.75, 3.05) is 0 Å². The molecule has 5 rings (SSSR count). The van der Waals surface area contributed by atoms with Crippen LogP contribution in [0.5, 0.6) is 0 Å². The van der Waals surface area contributed by atoms with Crippen LogP contribution in [0.25, 0.3) is 0 Å². The van der Waals surface area contributed by atoms with Gasteiger partial charge in [-0.3, -0.25) is 9.59 Å². The molecule has 3 nitrogen and oxygen atoms in total. The van der Waals surface area contributed by atoms with Crippen molar-refractivity contribution < 1.29 is 14.3 Å². The zero-order valence-electron chi connectivity index (χ0n) is 17.4. The van der Waals surface area contributed by atoms with Crippen molar-refractivity contribution in [2.45, 2.75) is 91.1 Å². The number of carbonyl (C=O) groups is 2. The van der Waals surface area contributed by atoms with Crippen molar-refractivity contribution >= 4 is 11.8 Å². The molecule has 0 aromatic carbocycles. The standard InChI is InChI=1S/C24H34O3/c1-15(25)27-23(4)10-7-19-17-14-24(11-12-24)20-13-16(26)5-8-21(20,2)18(17)6-9-22(19,23)3/h13,17-19H,5-12,14H2,1-4H3/t17-,18+,19+,21-,22+,23+/m1/s1. The Hall–Kier alpha value is -1.12. The molecule has 5 aliphatic rings. The first kappa shape index (κ1) is 17.9. The first-order chi connectivity index (χ1) is 12.6. The minimum absolute atomic E-state index is 0.0952. The Labute approximate surface area is 163 Å². The molecule has 3 heteroatoms. The smallest absolute Gasteiger partial charge is 0.303 e. The van der Waals surface area contributed by atoms with E-state index in [-0.39, 0.29) is 22.4 Å². The summed E-state index contributed by atoms with van der Waals surface area (Å²) >= 11 is 0. The molecule has 0 saturated heterocycles. The number of ketones is 1. The molecule has 148 valence electrons. The number of rotatable bonds is 1. The molecule has 0 aromatic rings. The number of hydrogen-bond donors (Lipinski definition) is 0. The summed E-state index contributed by atoms with van der Waals surface area (Å²) in [4.78, 5) is 24.1. The summed E-state index contributed by atoms with van der Waals surface area (Å²) in [6, 6.07) is 0. The van der Waals surface area contributed by atoms with Gasteiger partial charge in [-0.05, 0) is 93.0 Å². The number of esters is 1. The SMILES string of the molecule is CC(=O)O[C@@]1(C)CC[C@H]2[C@@H]3CC4(CC4)C4=CC(=O)CC[C@]4(C)[C@H]3CC[C@@]21C. The molecule has 0 heterocycles. The van der Waals surface area contributed by atoms with E-state index in [0.717, 1.165) is 31.6 Å². The fourth-order valence-electron chi connectivity index (χ4n) is 8.32. The van der Waals surface area contributed by atoms with Gasteiger partial charge in [0, 0.05) is 18.8 Å². The summed E-state index contributed by atoms with van der Waals surface area (Å²) in [5.74, 6) is 2.29. The lowest BCUT2D eigenvalue weighted by Gasteiger charge is -2.61. The minimum Gasteiger partial charge on any atom is -0.459 e. The van der Waals surface area contributed by atoms with E-state index in [1.807, 2.05) is 0 Å². The van der Waals surface area contributed by atoms with Gasteiger partial charge in [0.1, 0.15) is 5.60 Å². The van der Waals surface area contributed by atoms with Gasteiger partial charge in [0.25, 0.3) is 0 Å². The van der Waals surface area contributed by atoms with Gasteiger partial charge in [0.05, 0.1) is 0 Å². The Morgan fingerprint density at radius 3 is 2.41 bits per heavy atom. The maximum atomic E-state index is 12.2. The van der Waals surface area contributed by atoms with Gasteiger partial charge in [0.2, 0.25) is 0 Å². The molecule has 0 N–H and O–H groups in total. The molecule has 5 aliphatic carbocycles. The third-order valence-electron chi connectivity index (χ3n) is 10.0. The third kappa shape index (κ3) is 2.20. The summed E-state index contributed by atoms with van der Waals surface area (Å²) < 4.78 is 5.97. The van der Waals surface area contributed by atoms with Crippen molar-refractivity contribution in [1.29, 1.82) is 0 Å². The highest BCUT2D eigenvalue weighted by Gasteiger charge is 2.68. The molecule has 27 heavy (non-hydrogen) atoms. The van der Waals surface area contributed by atoms with E-state index < -0.39 is 0 Å². The molecule has 0 aliphatic heterocycles. The fraction of sp³-hybridized carbons (Fsp3) is 0.833. The highest BCUT2D eigenvalue weighted by molar-refractivity contribution is 5.92. The van der Waals surface area contributed by atoms with E-state index in [1.54, 1.807) is 6.92 Å². The second-order valence-electron chi connectivity index (χ2n) is 11.1. The maximum Gasteiger partial charge on any atom is 0.303 e. The Morgan fingerprint density at radius 2 is 1.74 bits per heavy atom. The van der Waals surface area contributed by atoms with Gasteiger partial charge >= 0.3 is 5.97 Å². The van der Waals surface area contributed by atoms with Gasteiger partial charge < -0.3 is 4.74 Å². The number of ether oxygens (including phenoxy) is 1. The summed E-state index contributed by atoms with van der Waals surface area (Å²) in [5.41, 5.74) is 1.85. The van der Waals surface area contributed by atoms with Gasteiger partial charge in [-0.15, -0.1) is 0 Å². The van der Waals surface area contributed by atoms with Crippen molar-refractivity contribution in [2.24, 2.45) is 34.0 Å². The topological polar surface area (TPSA) is 43.4 Å². The average molecular weight is 371 g/mol. The lowest BCUT2D eigenvalue weighted by Crippen LogP contribution is -2.56. The van der Waals surface area contributed by atoms with Crippen LogP contribution in [0.1, 0.15) is 85.5 Å². The van der Waals surface area contributed by atoms with Crippen LogP contribution in [0.2, 0.25) is 0 Å². The fourth-order valence-corrected chi connectivity index (χ4v) is 8.32. The number of carbonyl (C=O) groups excluding carboxylic acids is 2. The largest absolute Gasteiger partial charge is 0.459 e. The molecule has 1 spiro atoms. The second-order valence-corrected chi connectivity index (χ2v) is 11.1. The second kappa shape index (κ2) is 5.27. The molecule has 0 amide bonds. The summed E-state index contributed by atoms with van der Waals surface area (Å²) in [5, 5.41) is 0. The molecular weight excluding hydrogens is 336 g/mol. The molecule has 0 unspecified atom stereocenters. The summed E-state index contributed by atoms with van der Waals surface area (Å²) in [6.07, 6.45) is 12.2. The molecule has 0 bridgehead atoms. The zero-order chi connectivity index (χ0) is 19.2. The van der Waals surface area contributed by atoms with E-state index in [4.69, 9.17) is 4.74 Å². The lowest BCUT2D eigenvalue weighted by atomic mass is 9.44. The molecule has 0 aromatic heterocycles. The van der Waals surface area contributed by atoms with Crippen LogP contribution in [0.3, 0.4) is 0 Å². The van der Waals surface area contributed by atoms with Crippen LogP contribution in [-0.2, 0) is 14.3 Å². The Bertz CT molecular complexity index is 747. The van der Waals surface area contributed by atoms with Crippen LogP contribution < -0.4 is 0 Å². The summed E-state index contributed by atoms with van der Waals surface area (Å²) in [6.45, 7) is 8.63. The molecule has 6 atom stereocenters. The Kier molecular flexibility index (Phi) is 3.50. The van der Waals surface area contributed by atoms with E-state index in [1.165, 1.54) is 37.7 Å². The quantitative estimate of drug-likeness (QED) is 0.594. The van der Waals surface area contributed by atoms with Crippen molar-refractivity contribution in [3.63, 3.8) is 0 Å². The molecular formula is C24H34O3. The molecule has 4 saturated carbocycles. The summed E-state index contributed by atoms with van der Waals surface area (Å²) in [7, 11) is 0. The van der Waals surface area contributed by atoms with Crippen LogP contribution in [0.15, 0.2) is 11.6 Å². The van der Waals surface area contributed by atoms with Gasteiger partial charge in [-0.25, -0.2) is 0 Å². The monoisotopic (exact) mass is 370 g/mol. The zero-order valence-corrected chi connectivity index (χ0v) is 17.4. The third-order valence-corrected chi connectivity index (χ3v) is 10.0. The predicted molar refractivity (Wildman–Crippen MR) is 104 cm³/mol. The van der Waals surface area contributed by atoms with Crippen molar-refractivity contribution in [3.8, 4) is 0 Å². The Balaban J connectivity index is 1.54. The van der Waals surface area contributed by atoms with Crippen molar-refractivity contribution in [1.82, 2.24) is 0 Å². The van der Waals surface area contributed by atoms with Gasteiger partial charge in [-0.1, -0.05) is 19.4 Å². The van der Waals surface area contributed by atoms with Crippen LogP contribution in [0, 0.1) is 34.0 Å². The Morgan fingerprint density at radius 1 is 1.04 bits per heavy atom. The van der Waals surface area contributed by atoms with Crippen LogP contribution in [0.4, 0.5) is 0 Å². The number of allylic oxidation sites excluding steroid dienone is 1. The van der Waals surface area contributed by atoms with Gasteiger partial charge in [-0.2, -0.15) is 0 Å². The number of hydrogen-bond acceptors (Lipinski definition) is 3. The highest BCUT2D eigenvalue weighted by Crippen LogP contribution is 2.75. The minimum atomic E-state index is -0.315. The maximum absolute atomic E-state index is 12.2. The van der Waals surface area contributed by atoms with E-state index >= 15 is 0 Å². The first-order valence-corrected chi connectivity index (χ1v) is 11.1. The van der Waals surface area contributed by atoms with Crippen LogP contribution in [-0.4, -0.2) is 17.4 Å². The number of fused-ring (bicyclic) bond motifs is 6. The normalized spacial score (nSPS) is 49.7. The van der Waals surface area contributed by atoms with Gasteiger partial charge in [0.15, 0.2) is 5.78 Å². The predicted octanol–water partition coefficient (Wildman–Crippen LogP) is 5.23. The average Bonchev–Trinajstić information content (AvgIpc) is 3.29. The molecule has 0 radical (unpaired) electrons. The van der Waals surface area contributed by atoms with E-state index in [9.17, 15) is 9.59 Å². The van der Waals surface area contributed by atoms with E-state index in [0.29, 0.717) is 23.0 Å². The lowest BCUT2D eigenvalue weighted by molar-refractivity contribution is -0.179. The van der Waals surface area contributed by atoms with Crippen molar-refractivity contribution in [3.05, 3.63) is 11.6 Å². The van der Waals surface area contributed by atoms with E-state index in [2.05, 4.69) is 26.8 Å². The van der Waals surface area contributed by atoms with Crippen LogP contribution >= 0.6 is 0 Å². The molecule has 4 fully saturated rings. The highest BCUT2D eigenvalue weighted by atomic mass is 16.6.